The van der Waals surface area contributed by atoms with Crippen LogP contribution in [0.4, 0.5) is 17.6 Å². The Balaban J connectivity index is 1.37. The number of alkyl halides is 3. The summed E-state index contributed by atoms with van der Waals surface area (Å²) < 4.78 is 56.6. The molecule has 2 aromatic heterocycles. The van der Waals surface area contributed by atoms with Crippen molar-refractivity contribution in [1.82, 2.24) is 25.0 Å². The molecule has 0 spiro atoms. The Morgan fingerprint density at radius 3 is 2.44 bits per heavy atom. The lowest BCUT2D eigenvalue weighted by atomic mass is 10.2. The molecule has 0 fully saturated rings. The van der Waals surface area contributed by atoms with Crippen LogP contribution in [0.3, 0.4) is 0 Å². The summed E-state index contributed by atoms with van der Waals surface area (Å²) in [5, 5.41) is 6.09. The summed E-state index contributed by atoms with van der Waals surface area (Å²) in [4.78, 5) is 19.7. The van der Waals surface area contributed by atoms with Crippen LogP contribution in [-0.4, -0.2) is 25.6 Å². The van der Waals surface area contributed by atoms with E-state index in [2.05, 4.69) is 25.0 Å². The summed E-state index contributed by atoms with van der Waals surface area (Å²) in [5.74, 6) is -2.17. The van der Waals surface area contributed by atoms with Gasteiger partial charge in [0, 0.05) is 24.0 Å². The second-order valence-electron chi connectivity index (χ2n) is 6.82. The first-order valence-electron chi connectivity index (χ1n) is 9.34. The standard InChI is InChI=1S/C21H15F4N5O2/c22-15-5-1-13(2-6-15)10-26-18(31)9-16-11-30(12-27-16)17-7-3-14(4-8-17)19-28-20(32-29-19)21(23,24)25/h1-8,11-12H,9-10H2,(H,26,31). The van der Waals surface area contributed by atoms with Gasteiger partial charge in [-0.25, -0.2) is 9.37 Å². The van der Waals surface area contributed by atoms with Crippen LogP contribution in [0.1, 0.15) is 17.1 Å². The van der Waals surface area contributed by atoms with E-state index in [9.17, 15) is 22.4 Å². The Morgan fingerprint density at radius 1 is 1.06 bits per heavy atom. The van der Waals surface area contributed by atoms with Gasteiger partial charge in [-0.15, -0.1) is 0 Å². The molecule has 1 amide bonds. The van der Waals surface area contributed by atoms with E-state index < -0.39 is 12.1 Å². The molecule has 0 unspecified atom stereocenters. The van der Waals surface area contributed by atoms with Crippen molar-refractivity contribution in [3.63, 3.8) is 0 Å². The van der Waals surface area contributed by atoms with Crippen LogP contribution in [0.5, 0.6) is 0 Å². The minimum atomic E-state index is -4.70. The minimum absolute atomic E-state index is 0.0509. The average Bonchev–Trinajstić information content (AvgIpc) is 3.43. The largest absolute Gasteiger partial charge is 0.471 e. The van der Waals surface area contributed by atoms with Gasteiger partial charge in [0.2, 0.25) is 11.7 Å². The molecular weight excluding hydrogens is 430 g/mol. The number of imidazole rings is 1. The van der Waals surface area contributed by atoms with Crippen LogP contribution in [-0.2, 0) is 23.9 Å². The number of hydrogen-bond donors (Lipinski definition) is 1. The highest BCUT2D eigenvalue weighted by Gasteiger charge is 2.38. The van der Waals surface area contributed by atoms with Gasteiger partial charge < -0.3 is 14.4 Å². The molecule has 4 rings (SSSR count). The summed E-state index contributed by atoms with van der Waals surface area (Å²) in [7, 11) is 0. The Bertz CT molecular complexity index is 1210. The molecule has 0 bridgehead atoms. The van der Waals surface area contributed by atoms with Crippen molar-refractivity contribution in [2.45, 2.75) is 19.1 Å². The topological polar surface area (TPSA) is 85.8 Å². The van der Waals surface area contributed by atoms with Crippen LogP contribution in [0, 0.1) is 5.82 Å². The summed E-state index contributed by atoms with van der Waals surface area (Å²) in [6, 6.07) is 12.2. The summed E-state index contributed by atoms with van der Waals surface area (Å²) in [6.07, 6.45) is -1.46. The van der Waals surface area contributed by atoms with Gasteiger partial charge in [-0.2, -0.15) is 18.2 Å². The number of rotatable bonds is 6. The molecule has 0 saturated heterocycles. The molecule has 164 valence electrons. The molecule has 2 heterocycles. The number of amides is 1. The van der Waals surface area contributed by atoms with Crippen molar-refractivity contribution in [3.05, 3.63) is 84.0 Å². The first-order chi connectivity index (χ1) is 15.3. The molecule has 32 heavy (non-hydrogen) atoms. The summed E-state index contributed by atoms with van der Waals surface area (Å²) in [6.45, 7) is 0.271. The van der Waals surface area contributed by atoms with Crippen molar-refractivity contribution in [2.24, 2.45) is 0 Å². The molecule has 0 aliphatic heterocycles. The smallest absolute Gasteiger partial charge is 0.352 e. The molecule has 0 aliphatic carbocycles. The lowest BCUT2D eigenvalue weighted by molar-refractivity contribution is -0.159. The van der Waals surface area contributed by atoms with E-state index >= 15 is 0 Å². The second kappa shape index (κ2) is 8.61. The first-order valence-corrected chi connectivity index (χ1v) is 9.34. The monoisotopic (exact) mass is 445 g/mol. The fraction of sp³-hybridized carbons (Fsp3) is 0.143. The summed E-state index contributed by atoms with van der Waals surface area (Å²) >= 11 is 0. The average molecular weight is 445 g/mol. The van der Waals surface area contributed by atoms with Crippen molar-refractivity contribution in [3.8, 4) is 17.1 Å². The third kappa shape index (κ3) is 4.99. The molecule has 4 aromatic rings. The highest BCUT2D eigenvalue weighted by atomic mass is 19.4. The van der Waals surface area contributed by atoms with Crippen molar-refractivity contribution < 1.29 is 26.9 Å². The number of carbonyl (C=O) groups is 1. The minimum Gasteiger partial charge on any atom is -0.352 e. The van der Waals surface area contributed by atoms with Crippen molar-refractivity contribution in [2.75, 3.05) is 0 Å². The Labute approximate surface area is 178 Å². The van der Waals surface area contributed by atoms with Gasteiger partial charge in [-0.05, 0) is 42.0 Å². The zero-order chi connectivity index (χ0) is 22.7. The van der Waals surface area contributed by atoms with E-state index in [0.29, 0.717) is 16.9 Å². The first kappa shape index (κ1) is 21.2. The molecule has 11 heteroatoms. The quantitative estimate of drug-likeness (QED) is 0.455. The van der Waals surface area contributed by atoms with Crippen molar-refractivity contribution in [1.29, 1.82) is 0 Å². The molecular formula is C21H15F4N5O2. The van der Waals surface area contributed by atoms with Crippen LogP contribution < -0.4 is 5.32 Å². The van der Waals surface area contributed by atoms with E-state index in [4.69, 9.17) is 0 Å². The van der Waals surface area contributed by atoms with E-state index in [0.717, 1.165) is 5.56 Å². The van der Waals surface area contributed by atoms with E-state index in [1.807, 2.05) is 0 Å². The lowest BCUT2D eigenvalue weighted by Crippen LogP contribution is -2.24. The van der Waals surface area contributed by atoms with E-state index in [1.165, 1.54) is 18.5 Å². The highest BCUT2D eigenvalue weighted by molar-refractivity contribution is 5.78. The number of halogens is 4. The predicted molar refractivity (Wildman–Crippen MR) is 104 cm³/mol. The van der Waals surface area contributed by atoms with Crippen LogP contribution in [0.25, 0.3) is 17.1 Å². The van der Waals surface area contributed by atoms with Crippen LogP contribution in [0.2, 0.25) is 0 Å². The van der Waals surface area contributed by atoms with Gasteiger partial charge in [0.1, 0.15) is 5.82 Å². The van der Waals surface area contributed by atoms with E-state index in [-0.39, 0.29) is 30.5 Å². The number of nitrogens with one attached hydrogen (secondary N) is 1. The van der Waals surface area contributed by atoms with Crippen LogP contribution in [0.15, 0.2) is 65.6 Å². The molecule has 1 N–H and O–H groups in total. The third-order valence-corrected chi connectivity index (χ3v) is 4.47. The number of nitrogens with zero attached hydrogens (tertiary/aromatic N) is 4. The van der Waals surface area contributed by atoms with Gasteiger partial charge in [-0.3, -0.25) is 4.79 Å². The van der Waals surface area contributed by atoms with Gasteiger partial charge in [0.05, 0.1) is 18.4 Å². The normalized spacial score (nSPS) is 11.5. The highest BCUT2D eigenvalue weighted by Crippen LogP contribution is 2.29. The van der Waals surface area contributed by atoms with Gasteiger partial charge in [-0.1, -0.05) is 17.3 Å². The fourth-order valence-corrected chi connectivity index (χ4v) is 2.86. The lowest BCUT2D eigenvalue weighted by Gasteiger charge is -2.04. The maximum atomic E-state index is 12.9. The fourth-order valence-electron chi connectivity index (χ4n) is 2.86. The zero-order valence-corrected chi connectivity index (χ0v) is 16.3. The summed E-state index contributed by atoms with van der Waals surface area (Å²) in [5.41, 5.74) is 2.33. The number of aromatic nitrogens is 4. The Hall–Kier alpha value is -4.02. The maximum absolute atomic E-state index is 12.9. The third-order valence-electron chi connectivity index (χ3n) is 4.47. The maximum Gasteiger partial charge on any atom is 0.471 e. The van der Waals surface area contributed by atoms with Crippen LogP contribution >= 0.6 is 0 Å². The predicted octanol–water partition coefficient (Wildman–Crippen LogP) is 3.94. The van der Waals surface area contributed by atoms with E-state index in [1.54, 1.807) is 47.2 Å². The van der Waals surface area contributed by atoms with Gasteiger partial charge in [0.15, 0.2) is 0 Å². The zero-order valence-electron chi connectivity index (χ0n) is 16.3. The number of hydrogen-bond acceptors (Lipinski definition) is 5. The number of benzene rings is 2. The molecule has 7 nitrogen and oxygen atoms in total. The Morgan fingerprint density at radius 2 is 1.78 bits per heavy atom. The molecule has 0 aliphatic rings. The number of carbonyl (C=O) groups excluding carboxylic acids is 1. The second-order valence-corrected chi connectivity index (χ2v) is 6.82. The molecule has 0 radical (unpaired) electrons. The molecule has 2 aromatic carbocycles. The molecule has 0 atom stereocenters. The van der Waals surface area contributed by atoms with Gasteiger partial charge in [0.25, 0.3) is 0 Å². The SMILES string of the molecule is O=C(Cc1cn(-c2ccc(-c3noc(C(F)(F)F)n3)cc2)cn1)NCc1ccc(F)cc1. The molecule has 0 saturated carbocycles. The van der Waals surface area contributed by atoms with Gasteiger partial charge >= 0.3 is 12.1 Å². The van der Waals surface area contributed by atoms with Crippen molar-refractivity contribution >= 4 is 5.91 Å². The Kier molecular flexibility index (Phi) is 5.71.